The number of aromatic carboxylic acids is 1. The van der Waals surface area contributed by atoms with E-state index in [-0.39, 0.29) is 16.5 Å². The summed E-state index contributed by atoms with van der Waals surface area (Å²) in [5.74, 6) is -0.909. The Morgan fingerprint density at radius 3 is 2.42 bits per heavy atom. The van der Waals surface area contributed by atoms with Crippen LogP contribution in [0.25, 0.3) is 0 Å². The fraction of sp³-hybridized carbons (Fsp3) is 0.333. The lowest BCUT2D eigenvalue weighted by Crippen LogP contribution is -2.41. The smallest absolute Gasteiger partial charge is 0.335 e. The van der Waals surface area contributed by atoms with Crippen molar-refractivity contribution in [3.63, 3.8) is 0 Å². The number of nitrogens with one attached hydrogen (secondary N) is 1. The van der Waals surface area contributed by atoms with Gasteiger partial charge in [-0.15, -0.1) is 0 Å². The Bertz CT molecular complexity index is 847. The Morgan fingerprint density at radius 1 is 1.15 bits per heavy atom. The maximum atomic E-state index is 13.1. The summed E-state index contributed by atoms with van der Waals surface area (Å²) in [6, 6.07) is 10.5. The highest BCUT2D eigenvalue weighted by atomic mass is 32.2. The highest BCUT2D eigenvalue weighted by Gasteiger charge is 2.38. The minimum absolute atomic E-state index is 0.0225. The van der Waals surface area contributed by atoms with Crippen molar-refractivity contribution >= 4 is 15.8 Å². The van der Waals surface area contributed by atoms with E-state index < -0.39 is 21.2 Å². The predicted octanol–water partition coefficient (Wildman–Crippen LogP) is 1.96. The third kappa shape index (κ3) is 4.03. The Hall–Kier alpha value is -2.45. The van der Waals surface area contributed by atoms with Crippen LogP contribution in [0.2, 0.25) is 0 Å². The van der Waals surface area contributed by atoms with Crippen molar-refractivity contribution in [2.45, 2.75) is 23.3 Å². The fourth-order valence-electron chi connectivity index (χ4n) is 2.97. The van der Waals surface area contributed by atoms with Crippen molar-refractivity contribution in [3.8, 4) is 5.75 Å². The van der Waals surface area contributed by atoms with E-state index in [1.807, 2.05) is 0 Å². The fourth-order valence-corrected chi connectivity index (χ4v) is 4.70. The average molecular weight is 376 g/mol. The quantitative estimate of drug-likeness (QED) is 0.794. The van der Waals surface area contributed by atoms with Crippen LogP contribution in [0, 0.1) is 5.92 Å². The number of hydrogen-bond acceptors (Lipinski definition) is 6. The van der Waals surface area contributed by atoms with Crippen molar-refractivity contribution in [2.75, 3.05) is 13.1 Å². The maximum Gasteiger partial charge on any atom is 0.335 e. The lowest BCUT2D eigenvalue weighted by molar-refractivity contribution is 0.0696. The standard InChI is InChI=1S/C18H20N2O5S/c21-17(22)13-4-6-15(7-5-13)25-18(14-8-11-19-12-9-14)26(23,24)16-3-1-2-10-20-16/h1-7,10,14,18-19H,8-9,11-12H2,(H,21,22). The third-order valence-corrected chi connectivity index (χ3v) is 6.27. The minimum atomic E-state index is -3.80. The van der Waals surface area contributed by atoms with Gasteiger partial charge in [-0.25, -0.2) is 18.2 Å². The molecular weight excluding hydrogens is 356 g/mol. The molecule has 0 spiro atoms. The number of nitrogens with zero attached hydrogens (tertiary/aromatic N) is 1. The number of ether oxygens (including phenoxy) is 1. The zero-order chi connectivity index (χ0) is 18.6. The summed E-state index contributed by atoms with van der Waals surface area (Å²) < 4.78 is 32.1. The molecule has 2 N–H and O–H groups in total. The largest absolute Gasteiger partial charge is 0.478 e. The van der Waals surface area contributed by atoms with E-state index in [0.29, 0.717) is 18.6 Å². The Kier molecular flexibility index (Phi) is 5.53. The first-order valence-electron chi connectivity index (χ1n) is 8.34. The molecule has 1 unspecified atom stereocenters. The summed E-state index contributed by atoms with van der Waals surface area (Å²) in [5, 5.41) is 12.2. The molecule has 1 aromatic heterocycles. The van der Waals surface area contributed by atoms with E-state index in [9.17, 15) is 13.2 Å². The molecule has 8 heteroatoms. The first kappa shape index (κ1) is 18.3. The van der Waals surface area contributed by atoms with E-state index in [0.717, 1.165) is 13.1 Å². The summed E-state index contributed by atoms with van der Waals surface area (Å²) in [4.78, 5) is 15.0. The van der Waals surface area contributed by atoms with E-state index in [2.05, 4.69) is 10.3 Å². The zero-order valence-corrected chi connectivity index (χ0v) is 14.9. The van der Waals surface area contributed by atoms with E-state index in [4.69, 9.17) is 9.84 Å². The zero-order valence-electron chi connectivity index (χ0n) is 14.0. The summed E-state index contributed by atoms with van der Waals surface area (Å²) in [5.41, 5.74) is -0.960. The van der Waals surface area contributed by atoms with Gasteiger partial charge in [-0.3, -0.25) is 0 Å². The minimum Gasteiger partial charge on any atom is -0.478 e. The molecular formula is C18H20N2O5S. The highest BCUT2D eigenvalue weighted by Crippen LogP contribution is 2.29. The molecule has 1 aliphatic rings. The molecule has 1 aromatic carbocycles. The van der Waals surface area contributed by atoms with Gasteiger partial charge in [-0.2, -0.15) is 0 Å². The first-order chi connectivity index (χ1) is 12.5. The molecule has 1 aliphatic heterocycles. The van der Waals surface area contributed by atoms with Crippen molar-refractivity contribution in [2.24, 2.45) is 5.92 Å². The molecule has 1 fully saturated rings. The number of piperidine rings is 1. The molecule has 26 heavy (non-hydrogen) atoms. The summed E-state index contributed by atoms with van der Waals surface area (Å²) >= 11 is 0. The molecule has 3 rings (SSSR count). The maximum absolute atomic E-state index is 13.1. The van der Waals surface area contributed by atoms with Gasteiger partial charge in [-0.05, 0) is 62.3 Å². The molecule has 1 atom stereocenters. The number of carbonyl (C=O) groups is 1. The molecule has 0 amide bonds. The molecule has 2 heterocycles. The molecule has 7 nitrogen and oxygen atoms in total. The Morgan fingerprint density at radius 2 is 1.85 bits per heavy atom. The Balaban J connectivity index is 1.92. The molecule has 0 aliphatic carbocycles. The van der Waals surface area contributed by atoms with E-state index in [1.54, 1.807) is 12.1 Å². The predicted molar refractivity (Wildman–Crippen MR) is 94.8 cm³/mol. The number of carboxylic acid groups (broad SMARTS) is 1. The topological polar surface area (TPSA) is 106 Å². The van der Waals surface area contributed by atoms with Crippen LogP contribution in [0.4, 0.5) is 0 Å². The van der Waals surface area contributed by atoms with Crippen LogP contribution in [-0.2, 0) is 9.84 Å². The summed E-state index contributed by atoms with van der Waals surface area (Å²) in [6.07, 6.45) is 2.78. The third-order valence-electron chi connectivity index (χ3n) is 4.36. The summed E-state index contributed by atoms with van der Waals surface area (Å²) in [7, 11) is -3.80. The van der Waals surface area contributed by atoms with Crippen LogP contribution < -0.4 is 10.1 Å². The van der Waals surface area contributed by atoms with Gasteiger partial charge < -0.3 is 15.2 Å². The van der Waals surface area contributed by atoms with Gasteiger partial charge in [0.05, 0.1) is 5.56 Å². The second-order valence-electron chi connectivity index (χ2n) is 6.12. The lowest BCUT2D eigenvalue weighted by Gasteiger charge is -2.30. The SMILES string of the molecule is O=C(O)c1ccc(OC(C2CCNCC2)S(=O)(=O)c2ccccn2)cc1. The molecule has 0 saturated carbocycles. The van der Waals surface area contributed by atoms with Crippen LogP contribution in [0.1, 0.15) is 23.2 Å². The van der Waals surface area contributed by atoms with Gasteiger partial charge in [0, 0.05) is 12.1 Å². The number of rotatable bonds is 6. The van der Waals surface area contributed by atoms with Gasteiger partial charge in [0.2, 0.25) is 15.3 Å². The average Bonchev–Trinajstić information content (AvgIpc) is 2.67. The molecule has 138 valence electrons. The van der Waals surface area contributed by atoms with Crippen molar-refractivity contribution in [3.05, 3.63) is 54.2 Å². The lowest BCUT2D eigenvalue weighted by atomic mass is 9.99. The van der Waals surface area contributed by atoms with E-state index in [1.165, 1.54) is 36.5 Å². The highest BCUT2D eigenvalue weighted by molar-refractivity contribution is 7.91. The molecule has 0 bridgehead atoms. The second kappa shape index (κ2) is 7.84. The van der Waals surface area contributed by atoms with Crippen LogP contribution in [-0.4, -0.2) is 43.0 Å². The van der Waals surface area contributed by atoms with Crippen molar-refractivity contribution < 1.29 is 23.1 Å². The first-order valence-corrected chi connectivity index (χ1v) is 9.89. The molecule has 1 saturated heterocycles. The second-order valence-corrected chi connectivity index (χ2v) is 8.09. The van der Waals surface area contributed by atoms with E-state index >= 15 is 0 Å². The monoisotopic (exact) mass is 376 g/mol. The number of hydrogen-bond donors (Lipinski definition) is 2. The number of pyridine rings is 1. The van der Waals surface area contributed by atoms with Gasteiger partial charge in [-0.1, -0.05) is 6.07 Å². The number of sulfone groups is 1. The van der Waals surface area contributed by atoms with Crippen LogP contribution >= 0.6 is 0 Å². The molecule has 2 aromatic rings. The summed E-state index contributed by atoms with van der Waals surface area (Å²) in [6.45, 7) is 1.44. The van der Waals surface area contributed by atoms with Crippen LogP contribution in [0.3, 0.4) is 0 Å². The van der Waals surface area contributed by atoms with Crippen LogP contribution in [0.15, 0.2) is 53.7 Å². The van der Waals surface area contributed by atoms with Gasteiger partial charge >= 0.3 is 5.97 Å². The van der Waals surface area contributed by atoms with Crippen molar-refractivity contribution in [1.29, 1.82) is 0 Å². The van der Waals surface area contributed by atoms with Gasteiger partial charge in [0.25, 0.3) is 0 Å². The van der Waals surface area contributed by atoms with Gasteiger partial charge in [0.1, 0.15) is 5.75 Å². The Labute approximate surface area is 152 Å². The van der Waals surface area contributed by atoms with Crippen molar-refractivity contribution in [1.82, 2.24) is 10.3 Å². The van der Waals surface area contributed by atoms with Gasteiger partial charge in [0.15, 0.2) is 5.03 Å². The molecule has 0 radical (unpaired) electrons. The normalized spacial score (nSPS) is 16.8. The van der Waals surface area contributed by atoms with Crippen LogP contribution in [0.5, 0.6) is 5.75 Å². The number of aromatic nitrogens is 1. The number of carboxylic acids is 1. The number of benzene rings is 1.